The number of rotatable bonds is 4. The van der Waals surface area contributed by atoms with Crippen molar-refractivity contribution >= 4 is 0 Å². The molecular weight excluding hydrogens is 284 g/mol. The summed E-state index contributed by atoms with van der Waals surface area (Å²) in [6.07, 6.45) is 10.1. The number of hydrogen-bond acceptors (Lipinski definition) is 3. The molecule has 0 radical (unpaired) electrons. The molecule has 6 rings (SSSR count). The molecule has 0 N–H and O–H groups in total. The summed E-state index contributed by atoms with van der Waals surface area (Å²) in [5.41, 5.74) is 1.59. The molecule has 23 heavy (non-hydrogen) atoms. The Hall–Kier alpha value is -1.64. The lowest BCUT2D eigenvalue weighted by molar-refractivity contribution is -0.0103. The molecule has 0 aliphatic heterocycles. The van der Waals surface area contributed by atoms with Crippen LogP contribution in [0.1, 0.15) is 55.8 Å². The fraction of sp³-hybridized carbons (Fsp3) is 0.600. The molecule has 0 unspecified atom stereocenters. The Bertz CT molecular complexity index is 655. The largest absolute Gasteiger partial charge is 0.339 e. The van der Waals surface area contributed by atoms with Gasteiger partial charge in [0.15, 0.2) is 5.82 Å². The van der Waals surface area contributed by atoms with Gasteiger partial charge >= 0.3 is 0 Å². The molecule has 1 heterocycles. The van der Waals surface area contributed by atoms with Crippen LogP contribution in [0.4, 0.5) is 0 Å². The zero-order valence-corrected chi connectivity index (χ0v) is 13.6. The van der Waals surface area contributed by atoms with Crippen molar-refractivity contribution in [2.75, 3.05) is 0 Å². The Morgan fingerprint density at radius 1 is 0.913 bits per heavy atom. The van der Waals surface area contributed by atoms with E-state index in [1.54, 1.807) is 0 Å². The van der Waals surface area contributed by atoms with Crippen molar-refractivity contribution < 1.29 is 4.52 Å². The third-order valence-electron chi connectivity index (χ3n) is 6.45. The van der Waals surface area contributed by atoms with Crippen LogP contribution in [0.2, 0.25) is 0 Å². The summed E-state index contributed by atoms with van der Waals surface area (Å²) in [4.78, 5) is 4.84. The van der Waals surface area contributed by atoms with E-state index in [1.807, 2.05) is 0 Å². The fourth-order valence-corrected chi connectivity index (χ4v) is 5.85. The molecule has 0 saturated heterocycles. The summed E-state index contributed by atoms with van der Waals surface area (Å²) < 4.78 is 5.61. The molecule has 0 amide bonds. The molecule has 3 nitrogen and oxygen atoms in total. The number of aryl methyl sites for hydroxylation is 2. The van der Waals surface area contributed by atoms with E-state index in [0.29, 0.717) is 0 Å². The fourth-order valence-electron chi connectivity index (χ4n) is 5.85. The second-order valence-electron chi connectivity index (χ2n) is 8.20. The van der Waals surface area contributed by atoms with E-state index < -0.39 is 0 Å². The molecule has 120 valence electrons. The van der Waals surface area contributed by atoms with Crippen molar-refractivity contribution in [3.63, 3.8) is 0 Å². The van der Waals surface area contributed by atoms with E-state index >= 15 is 0 Å². The van der Waals surface area contributed by atoms with Crippen LogP contribution in [0, 0.1) is 17.8 Å². The molecule has 0 atom stereocenters. The van der Waals surface area contributed by atoms with Gasteiger partial charge in [0, 0.05) is 11.8 Å². The van der Waals surface area contributed by atoms with Crippen LogP contribution in [0.25, 0.3) is 0 Å². The summed E-state index contributed by atoms with van der Waals surface area (Å²) in [6.45, 7) is 0. The van der Waals surface area contributed by atoms with E-state index in [1.165, 1.54) is 44.1 Å². The maximum absolute atomic E-state index is 5.61. The predicted octanol–water partition coefficient (Wildman–Crippen LogP) is 4.32. The summed E-state index contributed by atoms with van der Waals surface area (Å²) in [6, 6.07) is 10.6. The van der Waals surface area contributed by atoms with Crippen LogP contribution < -0.4 is 0 Å². The topological polar surface area (TPSA) is 38.9 Å². The van der Waals surface area contributed by atoms with Crippen molar-refractivity contribution in [3.8, 4) is 0 Å². The predicted molar refractivity (Wildman–Crippen MR) is 88.0 cm³/mol. The normalized spacial score (nSPS) is 34.9. The average molecular weight is 308 g/mol. The van der Waals surface area contributed by atoms with Crippen LogP contribution in [0.3, 0.4) is 0 Å². The van der Waals surface area contributed by atoms with Gasteiger partial charge in [-0.1, -0.05) is 35.5 Å². The van der Waals surface area contributed by atoms with E-state index in [4.69, 9.17) is 9.51 Å². The quantitative estimate of drug-likeness (QED) is 0.844. The summed E-state index contributed by atoms with van der Waals surface area (Å²) >= 11 is 0. The van der Waals surface area contributed by atoms with Gasteiger partial charge in [-0.25, -0.2) is 0 Å². The second-order valence-corrected chi connectivity index (χ2v) is 8.20. The highest BCUT2D eigenvalue weighted by Crippen LogP contribution is 2.60. The molecule has 4 saturated carbocycles. The molecule has 4 aliphatic carbocycles. The van der Waals surface area contributed by atoms with Crippen molar-refractivity contribution in [1.29, 1.82) is 0 Å². The van der Waals surface area contributed by atoms with Crippen LogP contribution >= 0.6 is 0 Å². The smallest absolute Gasteiger partial charge is 0.226 e. The highest BCUT2D eigenvalue weighted by atomic mass is 16.5. The highest BCUT2D eigenvalue weighted by Gasteiger charge is 2.53. The van der Waals surface area contributed by atoms with Crippen molar-refractivity contribution in [1.82, 2.24) is 10.1 Å². The molecule has 4 fully saturated rings. The molecule has 3 heteroatoms. The maximum atomic E-state index is 5.61. The van der Waals surface area contributed by atoms with Gasteiger partial charge in [0.2, 0.25) is 5.89 Å². The number of nitrogens with zero attached hydrogens (tertiary/aromatic N) is 2. The zero-order valence-electron chi connectivity index (χ0n) is 13.6. The van der Waals surface area contributed by atoms with E-state index in [9.17, 15) is 0 Å². The minimum absolute atomic E-state index is 0.253. The average Bonchev–Trinajstić information content (AvgIpc) is 3.02. The summed E-state index contributed by atoms with van der Waals surface area (Å²) in [5, 5.41) is 4.43. The first-order valence-electron chi connectivity index (χ1n) is 9.16. The lowest BCUT2D eigenvalue weighted by Crippen LogP contribution is -2.49. The van der Waals surface area contributed by atoms with Gasteiger partial charge in [-0.2, -0.15) is 4.98 Å². The molecule has 1 aromatic heterocycles. The third kappa shape index (κ3) is 2.41. The molecule has 1 aromatic carbocycles. The monoisotopic (exact) mass is 308 g/mol. The highest BCUT2D eigenvalue weighted by molar-refractivity contribution is 5.18. The summed E-state index contributed by atoms with van der Waals surface area (Å²) in [7, 11) is 0. The van der Waals surface area contributed by atoms with E-state index in [2.05, 4.69) is 35.5 Å². The molecule has 2 aromatic rings. The van der Waals surface area contributed by atoms with Gasteiger partial charge < -0.3 is 4.52 Å². The van der Waals surface area contributed by atoms with Crippen LogP contribution in [0.5, 0.6) is 0 Å². The van der Waals surface area contributed by atoms with Crippen molar-refractivity contribution in [3.05, 3.63) is 47.6 Å². The molecule has 4 aliphatic rings. The lowest BCUT2D eigenvalue weighted by Gasteiger charge is -2.55. The van der Waals surface area contributed by atoms with Crippen LogP contribution in [-0.4, -0.2) is 10.1 Å². The van der Waals surface area contributed by atoms with Gasteiger partial charge in [0.25, 0.3) is 0 Å². The first kappa shape index (κ1) is 13.8. The standard InChI is InChI=1S/C20H24N2O/c1-2-4-14(5-3-1)6-7-18-21-19(22-23-18)20-11-15-8-16(12-20)10-17(9-15)13-20/h1-5,15-17H,6-13H2. The number of benzene rings is 1. The van der Waals surface area contributed by atoms with E-state index in [-0.39, 0.29) is 5.41 Å². The maximum Gasteiger partial charge on any atom is 0.226 e. The molecular formula is C20H24N2O. The Balaban J connectivity index is 1.33. The van der Waals surface area contributed by atoms with Gasteiger partial charge in [-0.3, -0.25) is 0 Å². The Morgan fingerprint density at radius 3 is 2.22 bits per heavy atom. The summed E-state index contributed by atoms with van der Waals surface area (Å²) in [5.74, 6) is 4.62. The first-order chi connectivity index (χ1) is 11.3. The van der Waals surface area contributed by atoms with Gasteiger partial charge in [0.1, 0.15) is 0 Å². The van der Waals surface area contributed by atoms with Crippen molar-refractivity contribution in [2.24, 2.45) is 17.8 Å². The Kier molecular flexibility index (Phi) is 3.10. The Labute approximate surface area is 137 Å². The van der Waals surface area contributed by atoms with Gasteiger partial charge in [0.05, 0.1) is 0 Å². The van der Waals surface area contributed by atoms with Crippen LogP contribution in [-0.2, 0) is 18.3 Å². The van der Waals surface area contributed by atoms with Gasteiger partial charge in [-0.15, -0.1) is 0 Å². The molecule has 0 spiro atoms. The SMILES string of the molecule is c1ccc(CCc2nc(C34CC5CC(CC(C5)C3)C4)no2)cc1. The van der Waals surface area contributed by atoms with Crippen LogP contribution in [0.15, 0.2) is 34.9 Å². The van der Waals surface area contributed by atoms with Crippen molar-refractivity contribution in [2.45, 2.75) is 56.8 Å². The third-order valence-corrected chi connectivity index (χ3v) is 6.45. The van der Waals surface area contributed by atoms with E-state index in [0.717, 1.165) is 42.3 Å². The first-order valence-corrected chi connectivity index (χ1v) is 9.16. The zero-order chi connectivity index (χ0) is 15.3. The van der Waals surface area contributed by atoms with Gasteiger partial charge in [-0.05, 0) is 68.3 Å². The minimum atomic E-state index is 0.253. The number of aromatic nitrogens is 2. The minimum Gasteiger partial charge on any atom is -0.339 e. The second kappa shape index (κ2) is 5.19. The lowest BCUT2D eigenvalue weighted by atomic mass is 9.49. The Morgan fingerprint density at radius 2 is 1.57 bits per heavy atom. The molecule has 4 bridgehead atoms. The number of hydrogen-bond donors (Lipinski definition) is 0.